The molecule has 0 saturated carbocycles. The fourth-order valence-corrected chi connectivity index (χ4v) is 2.77. The van der Waals surface area contributed by atoms with Crippen LogP contribution in [-0.2, 0) is 6.42 Å². The molecule has 0 radical (unpaired) electrons. The molecule has 4 heteroatoms. The predicted octanol–water partition coefficient (Wildman–Crippen LogP) is 4.43. The van der Waals surface area contributed by atoms with E-state index in [2.05, 4.69) is 17.2 Å². The molecule has 1 aromatic heterocycles. The summed E-state index contributed by atoms with van der Waals surface area (Å²) in [4.78, 5) is 12.7. The maximum absolute atomic E-state index is 12.7. The van der Waals surface area contributed by atoms with Gasteiger partial charge in [0.15, 0.2) is 0 Å². The van der Waals surface area contributed by atoms with Crippen molar-refractivity contribution >= 4 is 17.5 Å². The average molecular weight is 325 g/mol. The molecule has 0 amide bonds. The van der Waals surface area contributed by atoms with Crippen LogP contribution in [0, 0.1) is 13.8 Å². The number of hydrogen-bond donors (Lipinski definition) is 0. The van der Waals surface area contributed by atoms with Crippen LogP contribution >= 0.6 is 11.6 Å². The average Bonchev–Trinajstić information content (AvgIpc) is 2.84. The largest absolute Gasteiger partial charge is 0.278 e. The fourth-order valence-electron chi connectivity index (χ4n) is 2.64. The van der Waals surface area contributed by atoms with Crippen LogP contribution in [0.2, 0.25) is 5.02 Å². The van der Waals surface area contributed by atoms with E-state index in [4.69, 9.17) is 11.6 Å². The second kappa shape index (κ2) is 6.39. The first-order chi connectivity index (χ1) is 11.1. The maximum atomic E-state index is 12.7. The van der Waals surface area contributed by atoms with Crippen LogP contribution in [-0.4, -0.2) is 15.7 Å². The highest BCUT2D eigenvalue weighted by atomic mass is 35.5. The Morgan fingerprint density at radius 1 is 1.04 bits per heavy atom. The van der Waals surface area contributed by atoms with Gasteiger partial charge in [0.05, 0.1) is 5.69 Å². The summed E-state index contributed by atoms with van der Waals surface area (Å²) >= 11 is 5.88. The lowest BCUT2D eigenvalue weighted by Crippen LogP contribution is -2.15. The van der Waals surface area contributed by atoms with Crippen LogP contribution in [0.3, 0.4) is 0 Å². The molecule has 23 heavy (non-hydrogen) atoms. The van der Waals surface area contributed by atoms with Gasteiger partial charge < -0.3 is 0 Å². The van der Waals surface area contributed by atoms with Crippen molar-refractivity contribution in [1.29, 1.82) is 0 Å². The third-order valence-electron chi connectivity index (χ3n) is 3.95. The Hall–Kier alpha value is -2.39. The lowest BCUT2D eigenvalue weighted by atomic mass is 10.0. The van der Waals surface area contributed by atoms with Gasteiger partial charge in [0.25, 0.3) is 5.91 Å². The predicted molar refractivity (Wildman–Crippen MR) is 92.1 cm³/mol. The zero-order valence-electron chi connectivity index (χ0n) is 13.1. The molecule has 0 bridgehead atoms. The summed E-state index contributed by atoms with van der Waals surface area (Å²) in [5.74, 6) is -0.137. The molecule has 0 N–H and O–H groups in total. The first-order valence-corrected chi connectivity index (χ1v) is 7.83. The van der Waals surface area contributed by atoms with E-state index in [0.717, 1.165) is 23.4 Å². The van der Waals surface area contributed by atoms with Crippen LogP contribution in [0.1, 0.15) is 32.9 Å². The Balaban J connectivity index is 1.94. The molecule has 3 rings (SSSR count). The topological polar surface area (TPSA) is 34.9 Å². The number of rotatable bonds is 3. The number of benzene rings is 2. The quantitative estimate of drug-likeness (QED) is 0.714. The number of hydrogen-bond acceptors (Lipinski definition) is 2. The molecule has 0 aliphatic carbocycles. The third-order valence-corrected chi connectivity index (χ3v) is 4.20. The zero-order valence-corrected chi connectivity index (χ0v) is 13.8. The summed E-state index contributed by atoms with van der Waals surface area (Å²) in [5.41, 5.74) is 4.64. The Morgan fingerprint density at radius 2 is 1.70 bits per heavy atom. The van der Waals surface area contributed by atoms with Crippen molar-refractivity contribution in [3.63, 3.8) is 0 Å². The molecule has 0 aliphatic heterocycles. The van der Waals surface area contributed by atoms with Crippen molar-refractivity contribution < 1.29 is 4.79 Å². The highest BCUT2D eigenvalue weighted by Crippen LogP contribution is 2.19. The van der Waals surface area contributed by atoms with Crippen molar-refractivity contribution in [1.82, 2.24) is 9.78 Å². The van der Waals surface area contributed by atoms with Gasteiger partial charge in [-0.25, -0.2) is 4.68 Å². The van der Waals surface area contributed by atoms with Gasteiger partial charge in [-0.3, -0.25) is 4.79 Å². The third kappa shape index (κ3) is 3.20. The van der Waals surface area contributed by atoms with E-state index in [-0.39, 0.29) is 5.91 Å². The molecule has 116 valence electrons. The highest BCUT2D eigenvalue weighted by Gasteiger charge is 2.18. The smallest absolute Gasteiger partial charge is 0.267 e. The van der Waals surface area contributed by atoms with Gasteiger partial charge >= 0.3 is 0 Å². The molecule has 0 unspecified atom stereocenters. The van der Waals surface area contributed by atoms with Gasteiger partial charge in [0.1, 0.15) is 0 Å². The molecule has 1 heterocycles. The molecular weight excluding hydrogens is 308 g/mol. The Bertz CT molecular complexity index is 836. The fraction of sp³-hybridized carbons (Fsp3) is 0.158. The summed E-state index contributed by atoms with van der Waals surface area (Å²) < 4.78 is 1.48. The minimum atomic E-state index is -0.137. The molecule has 2 aromatic carbocycles. The Labute approximate surface area is 140 Å². The van der Waals surface area contributed by atoms with Gasteiger partial charge in [0, 0.05) is 28.3 Å². The molecule has 0 fully saturated rings. The normalized spacial score (nSPS) is 10.7. The summed E-state index contributed by atoms with van der Waals surface area (Å²) in [6.45, 7) is 3.88. The number of aryl methyl sites for hydroxylation is 1. The number of carbonyl (C=O) groups excluding carboxylic acids is 1. The van der Waals surface area contributed by atoms with E-state index in [1.807, 2.05) is 32.0 Å². The summed E-state index contributed by atoms with van der Waals surface area (Å²) in [7, 11) is 0. The number of carbonyl (C=O) groups is 1. The minimum absolute atomic E-state index is 0.137. The van der Waals surface area contributed by atoms with Crippen molar-refractivity contribution in [2.75, 3.05) is 0 Å². The van der Waals surface area contributed by atoms with Crippen LogP contribution < -0.4 is 0 Å². The van der Waals surface area contributed by atoms with Crippen molar-refractivity contribution in [2.24, 2.45) is 0 Å². The van der Waals surface area contributed by atoms with Crippen LogP contribution in [0.25, 0.3) is 0 Å². The van der Waals surface area contributed by atoms with Crippen LogP contribution in [0.15, 0.2) is 54.6 Å². The Morgan fingerprint density at radius 3 is 2.35 bits per heavy atom. The standard InChI is InChI=1S/C19H17ClN2O/c1-13-18(12-15-6-4-3-5-7-15)14(2)22(21-13)19(23)16-8-10-17(20)11-9-16/h3-11H,12H2,1-2H3. The van der Waals surface area contributed by atoms with Crippen molar-refractivity contribution in [3.05, 3.63) is 87.7 Å². The maximum Gasteiger partial charge on any atom is 0.278 e. The Kier molecular flexibility index (Phi) is 4.30. The SMILES string of the molecule is Cc1nn(C(=O)c2ccc(Cl)cc2)c(C)c1Cc1ccccc1. The zero-order chi connectivity index (χ0) is 16.4. The number of halogens is 1. The van der Waals surface area contributed by atoms with Crippen LogP contribution in [0.4, 0.5) is 0 Å². The number of nitrogens with zero attached hydrogens (tertiary/aromatic N) is 2. The molecule has 3 nitrogen and oxygen atoms in total. The molecule has 0 spiro atoms. The van der Waals surface area contributed by atoms with Gasteiger partial charge in [-0.1, -0.05) is 41.9 Å². The summed E-state index contributed by atoms with van der Waals surface area (Å²) in [5, 5.41) is 5.05. The van der Waals surface area contributed by atoms with E-state index >= 15 is 0 Å². The molecule has 0 atom stereocenters. The monoisotopic (exact) mass is 324 g/mol. The minimum Gasteiger partial charge on any atom is -0.267 e. The second-order valence-electron chi connectivity index (χ2n) is 5.54. The van der Waals surface area contributed by atoms with Gasteiger partial charge in [-0.15, -0.1) is 0 Å². The van der Waals surface area contributed by atoms with E-state index in [1.54, 1.807) is 24.3 Å². The molecule has 3 aromatic rings. The molecular formula is C19H17ClN2O. The van der Waals surface area contributed by atoms with Crippen LogP contribution in [0.5, 0.6) is 0 Å². The van der Waals surface area contributed by atoms with Crippen molar-refractivity contribution in [3.8, 4) is 0 Å². The van der Waals surface area contributed by atoms with Crippen molar-refractivity contribution in [2.45, 2.75) is 20.3 Å². The first-order valence-electron chi connectivity index (χ1n) is 7.45. The second-order valence-corrected chi connectivity index (χ2v) is 5.97. The first kappa shape index (κ1) is 15.5. The van der Waals surface area contributed by atoms with E-state index in [9.17, 15) is 4.79 Å². The van der Waals surface area contributed by atoms with E-state index < -0.39 is 0 Å². The van der Waals surface area contributed by atoms with E-state index in [0.29, 0.717) is 10.6 Å². The lowest BCUT2D eigenvalue weighted by Gasteiger charge is -2.05. The number of aromatic nitrogens is 2. The summed E-state index contributed by atoms with van der Waals surface area (Å²) in [6, 6.07) is 17.1. The lowest BCUT2D eigenvalue weighted by molar-refractivity contribution is 0.0942. The van der Waals surface area contributed by atoms with Gasteiger partial charge in [0.2, 0.25) is 0 Å². The van der Waals surface area contributed by atoms with E-state index in [1.165, 1.54) is 10.2 Å². The highest BCUT2D eigenvalue weighted by molar-refractivity contribution is 6.30. The molecule has 0 saturated heterocycles. The van der Waals surface area contributed by atoms with Gasteiger partial charge in [-0.05, 0) is 43.7 Å². The molecule has 0 aliphatic rings. The van der Waals surface area contributed by atoms with Gasteiger partial charge in [-0.2, -0.15) is 5.10 Å². The summed E-state index contributed by atoms with van der Waals surface area (Å²) in [6.07, 6.45) is 0.770.